The largest absolute Gasteiger partial charge is 0.475 e. The van der Waals surface area contributed by atoms with E-state index in [1.807, 2.05) is 0 Å². The molecule has 0 fully saturated rings. The van der Waals surface area contributed by atoms with E-state index in [1.54, 1.807) is 13.8 Å². The van der Waals surface area contributed by atoms with Crippen LogP contribution >= 0.6 is 0 Å². The highest BCUT2D eigenvalue weighted by molar-refractivity contribution is 5.95. The molecule has 0 saturated heterocycles. The van der Waals surface area contributed by atoms with Crippen molar-refractivity contribution in [2.45, 2.75) is 13.8 Å². The topological polar surface area (TPSA) is 93.6 Å². The molecule has 0 aliphatic rings. The van der Waals surface area contributed by atoms with E-state index in [2.05, 4.69) is 0 Å². The highest BCUT2D eigenvalue weighted by atomic mass is 16.6. The number of fused-ring (bicyclic) bond motifs is 1. The number of nitrogens with zero attached hydrogens (tertiary/aromatic N) is 1. The molecular weight excluding hydrogens is 226 g/mol. The lowest BCUT2D eigenvalue weighted by Crippen LogP contribution is -1.93. The Kier molecular flexibility index (Phi) is 2.35. The molecule has 1 heterocycles. The second-order valence-corrected chi connectivity index (χ2v) is 3.75. The monoisotopic (exact) mass is 235 g/mol. The molecule has 17 heavy (non-hydrogen) atoms. The van der Waals surface area contributed by atoms with Gasteiger partial charge in [0.1, 0.15) is 5.58 Å². The van der Waals surface area contributed by atoms with Gasteiger partial charge in [-0.05, 0) is 25.5 Å². The van der Waals surface area contributed by atoms with Crippen molar-refractivity contribution in [2.75, 3.05) is 0 Å². The van der Waals surface area contributed by atoms with E-state index in [9.17, 15) is 14.9 Å². The SMILES string of the molecule is Cc1c([N+](=O)[O-])cc(C)c2oc(C(=O)O)cc12. The van der Waals surface area contributed by atoms with Gasteiger partial charge in [0, 0.05) is 17.0 Å². The predicted molar refractivity (Wildman–Crippen MR) is 59.3 cm³/mol. The van der Waals surface area contributed by atoms with Gasteiger partial charge >= 0.3 is 5.97 Å². The average molecular weight is 235 g/mol. The molecule has 6 heteroatoms. The molecule has 0 radical (unpaired) electrons. The van der Waals surface area contributed by atoms with Gasteiger partial charge in [-0.3, -0.25) is 10.1 Å². The summed E-state index contributed by atoms with van der Waals surface area (Å²) in [6, 6.07) is 2.69. The number of furan rings is 1. The lowest BCUT2D eigenvalue weighted by Gasteiger charge is -2.00. The van der Waals surface area contributed by atoms with Crippen LogP contribution in [0.3, 0.4) is 0 Å². The molecule has 0 saturated carbocycles. The van der Waals surface area contributed by atoms with Crippen molar-refractivity contribution < 1.29 is 19.2 Å². The van der Waals surface area contributed by atoms with Crippen molar-refractivity contribution in [1.82, 2.24) is 0 Å². The molecule has 1 aromatic carbocycles. The van der Waals surface area contributed by atoms with Crippen LogP contribution < -0.4 is 0 Å². The fourth-order valence-corrected chi connectivity index (χ4v) is 1.77. The van der Waals surface area contributed by atoms with E-state index in [4.69, 9.17) is 9.52 Å². The third-order valence-electron chi connectivity index (χ3n) is 2.64. The Hall–Kier alpha value is -2.37. The molecule has 88 valence electrons. The Labute approximate surface area is 95.6 Å². The lowest BCUT2D eigenvalue weighted by atomic mass is 10.1. The third kappa shape index (κ3) is 1.63. The first-order valence-corrected chi connectivity index (χ1v) is 4.83. The smallest absolute Gasteiger partial charge is 0.371 e. The van der Waals surface area contributed by atoms with E-state index >= 15 is 0 Å². The molecule has 0 amide bonds. The van der Waals surface area contributed by atoms with Crippen LogP contribution in [0.5, 0.6) is 0 Å². The van der Waals surface area contributed by atoms with Crippen molar-refractivity contribution >= 4 is 22.6 Å². The van der Waals surface area contributed by atoms with Crippen LogP contribution in [-0.2, 0) is 0 Å². The Morgan fingerprint density at radius 1 is 1.41 bits per heavy atom. The molecule has 1 N–H and O–H groups in total. The fraction of sp³-hybridized carbons (Fsp3) is 0.182. The maximum Gasteiger partial charge on any atom is 0.371 e. The van der Waals surface area contributed by atoms with Crippen LogP contribution in [0.2, 0.25) is 0 Å². The summed E-state index contributed by atoms with van der Waals surface area (Å²) >= 11 is 0. The predicted octanol–water partition coefficient (Wildman–Crippen LogP) is 2.66. The maximum atomic E-state index is 10.8. The summed E-state index contributed by atoms with van der Waals surface area (Å²) in [6.45, 7) is 3.21. The van der Waals surface area contributed by atoms with Gasteiger partial charge in [-0.2, -0.15) is 0 Å². The number of aryl methyl sites for hydroxylation is 2. The van der Waals surface area contributed by atoms with Gasteiger partial charge in [0.15, 0.2) is 0 Å². The van der Waals surface area contributed by atoms with Gasteiger partial charge in [-0.1, -0.05) is 0 Å². The molecular formula is C11H9NO5. The zero-order valence-electron chi connectivity index (χ0n) is 9.18. The van der Waals surface area contributed by atoms with Gasteiger partial charge < -0.3 is 9.52 Å². The zero-order chi connectivity index (χ0) is 12.7. The minimum Gasteiger partial charge on any atom is -0.475 e. The molecule has 0 atom stereocenters. The Morgan fingerprint density at radius 3 is 2.59 bits per heavy atom. The first-order valence-electron chi connectivity index (χ1n) is 4.83. The van der Waals surface area contributed by atoms with Crippen molar-refractivity contribution in [3.63, 3.8) is 0 Å². The number of carboxylic acids is 1. The van der Waals surface area contributed by atoms with Crippen LogP contribution in [0.15, 0.2) is 16.5 Å². The van der Waals surface area contributed by atoms with Gasteiger partial charge in [-0.15, -0.1) is 0 Å². The van der Waals surface area contributed by atoms with E-state index in [0.717, 1.165) is 0 Å². The lowest BCUT2D eigenvalue weighted by molar-refractivity contribution is -0.385. The van der Waals surface area contributed by atoms with E-state index in [0.29, 0.717) is 22.1 Å². The van der Waals surface area contributed by atoms with Crippen LogP contribution in [0, 0.1) is 24.0 Å². The highest BCUT2D eigenvalue weighted by Gasteiger charge is 2.20. The van der Waals surface area contributed by atoms with Crippen molar-refractivity contribution in [2.24, 2.45) is 0 Å². The van der Waals surface area contributed by atoms with Gasteiger partial charge in [-0.25, -0.2) is 4.79 Å². The number of carboxylic acid groups (broad SMARTS) is 1. The molecule has 0 aliphatic heterocycles. The number of hydrogen-bond donors (Lipinski definition) is 1. The summed E-state index contributed by atoms with van der Waals surface area (Å²) in [5.74, 6) is -1.41. The Morgan fingerprint density at radius 2 is 2.06 bits per heavy atom. The van der Waals surface area contributed by atoms with Crippen LogP contribution in [0.4, 0.5) is 5.69 Å². The first-order chi connectivity index (χ1) is 7.91. The minimum absolute atomic E-state index is 0.0345. The van der Waals surface area contributed by atoms with Crippen molar-refractivity contribution in [1.29, 1.82) is 0 Å². The number of nitro groups is 1. The minimum atomic E-state index is -1.19. The normalized spacial score (nSPS) is 10.7. The summed E-state index contributed by atoms with van der Waals surface area (Å²) in [5, 5.41) is 20.1. The number of nitro benzene ring substituents is 1. The maximum absolute atomic E-state index is 10.8. The number of benzene rings is 1. The summed E-state index contributed by atoms with van der Waals surface area (Å²) in [6.07, 6.45) is 0. The van der Waals surface area contributed by atoms with E-state index in [-0.39, 0.29) is 11.4 Å². The Balaban J connectivity index is 2.84. The molecule has 0 spiro atoms. The Bertz CT molecular complexity index is 641. The number of aromatic carboxylic acids is 1. The molecule has 0 bridgehead atoms. The second-order valence-electron chi connectivity index (χ2n) is 3.75. The van der Waals surface area contributed by atoms with E-state index in [1.165, 1.54) is 12.1 Å². The number of carbonyl (C=O) groups is 1. The van der Waals surface area contributed by atoms with Gasteiger partial charge in [0.2, 0.25) is 5.76 Å². The van der Waals surface area contributed by atoms with Crippen molar-refractivity contribution in [3.8, 4) is 0 Å². The number of hydrogen-bond acceptors (Lipinski definition) is 4. The summed E-state index contributed by atoms with van der Waals surface area (Å²) < 4.78 is 5.15. The average Bonchev–Trinajstić information content (AvgIpc) is 2.68. The van der Waals surface area contributed by atoms with Crippen LogP contribution in [-0.4, -0.2) is 16.0 Å². The summed E-state index contributed by atoms with van der Waals surface area (Å²) in [7, 11) is 0. The van der Waals surface area contributed by atoms with Gasteiger partial charge in [0.05, 0.1) is 4.92 Å². The molecule has 0 aliphatic carbocycles. The molecule has 2 aromatic rings. The molecule has 0 unspecified atom stereocenters. The third-order valence-corrected chi connectivity index (χ3v) is 2.64. The number of rotatable bonds is 2. The summed E-state index contributed by atoms with van der Waals surface area (Å²) in [4.78, 5) is 21.1. The standard InChI is InChI=1S/C11H9NO5/c1-5-3-8(12(15)16)6(2)7-4-9(11(13)14)17-10(5)7/h3-4H,1-2H3,(H,13,14). The summed E-state index contributed by atoms with van der Waals surface area (Å²) in [5.41, 5.74) is 1.30. The fourth-order valence-electron chi connectivity index (χ4n) is 1.77. The van der Waals surface area contributed by atoms with Crippen molar-refractivity contribution in [3.05, 3.63) is 39.1 Å². The second kappa shape index (κ2) is 3.58. The molecule has 6 nitrogen and oxygen atoms in total. The van der Waals surface area contributed by atoms with Crippen LogP contribution in [0.1, 0.15) is 21.7 Å². The zero-order valence-corrected chi connectivity index (χ0v) is 9.18. The quantitative estimate of drug-likeness (QED) is 0.637. The van der Waals surface area contributed by atoms with E-state index < -0.39 is 10.9 Å². The van der Waals surface area contributed by atoms with Crippen LogP contribution in [0.25, 0.3) is 11.0 Å². The highest BCUT2D eigenvalue weighted by Crippen LogP contribution is 2.32. The molecule has 2 rings (SSSR count). The first kappa shape index (κ1) is 11.1. The molecule has 1 aromatic heterocycles. The van der Waals surface area contributed by atoms with Gasteiger partial charge in [0.25, 0.3) is 5.69 Å².